The average Bonchev–Trinajstić information content (AvgIpc) is 3.16. The van der Waals surface area contributed by atoms with Crippen molar-refractivity contribution in [3.8, 4) is 0 Å². The lowest BCUT2D eigenvalue weighted by atomic mass is 10.2. The first-order chi connectivity index (χ1) is 9.11. The molecule has 0 atom stereocenters. The number of halogens is 2. The molecule has 0 unspecified atom stereocenters. The van der Waals surface area contributed by atoms with Gasteiger partial charge in [0.1, 0.15) is 16.2 Å². The van der Waals surface area contributed by atoms with E-state index < -0.39 is 0 Å². The Morgan fingerprint density at radius 3 is 2.74 bits per heavy atom. The lowest BCUT2D eigenvalue weighted by Crippen LogP contribution is -2.00. The largest absolute Gasteiger partial charge is 0.339 e. The Morgan fingerprint density at radius 1 is 1.26 bits per heavy atom. The molecule has 0 amide bonds. The Balaban J connectivity index is 1.89. The molecule has 0 spiro atoms. The zero-order valence-electron chi connectivity index (χ0n) is 10.5. The predicted molar refractivity (Wildman–Crippen MR) is 81.2 cm³/mol. The average molecular weight is 339 g/mol. The first-order valence-corrected chi connectivity index (χ1v) is 7.36. The van der Waals surface area contributed by atoms with Crippen molar-refractivity contribution in [2.75, 3.05) is 5.32 Å². The maximum atomic E-state index is 6.22. The quantitative estimate of drug-likeness (QED) is 0.815. The van der Waals surface area contributed by atoms with Gasteiger partial charge in [0.15, 0.2) is 0 Å². The third-order valence-corrected chi connectivity index (χ3v) is 3.76. The Kier molecular flexibility index (Phi) is 3.46. The molecule has 1 N–H and O–H groups in total. The van der Waals surface area contributed by atoms with Crippen molar-refractivity contribution < 1.29 is 0 Å². The highest BCUT2D eigenvalue weighted by Crippen LogP contribution is 2.39. The number of hydrogen-bond donors (Lipinski definition) is 1. The number of nitrogens with one attached hydrogen (secondary N) is 1. The molecule has 19 heavy (non-hydrogen) atoms. The van der Waals surface area contributed by atoms with Crippen LogP contribution in [0, 0.1) is 6.92 Å². The van der Waals surface area contributed by atoms with Gasteiger partial charge in [-0.05, 0) is 53.4 Å². The minimum Gasteiger partial charge on any atom is -0.339 e. The number of anilines is 2. The highest BCUT2D eigenvalue weighted by Gasteiger charge is 2.27. The number of nitrogens with zero attached hydrogens (tertiary/aromatic N) is 2. The first-order valence-electron chi connectivity index (χ1n) is 6.19. The van der Waals surface area contributed by atoms with Crippen LogP contribution in [0.4, 0.5) is 11.5 Å². The van der Waals surface area contributed by atoms with E-state index in [0.29, 0.717) is 10.9 Å². The Morgan fingerprint density at radius 2 is 2.05 bits per heavy atom. The summed E-state index contributed by atoms with van der Waals surface area (Å²) in [5, 5.41) is 3.95. The number of aryl methyl sites for hydroxylation is 1. The van der Waals surface area contributed by atoms with Gasteiger partial charge in [-0.15, -0.1) is 0 Å². The molecule has 0 bridgehead atoms. The van der Waals surface area contributed by atoms with Crippen LogP contribution >= 0.6 is 27.5 Å². The number of benzene rings is 1. The summed E-state index contributed by atoms with van der Waals surface area (Å²) in [5.74, 6) is 2.20. The smallest absolute Gasteiger partial charge is 0.135 e. The molecule has 98 valence electrons. The van der Waals surface area contributed by atoms with E-state index in [2.05, 4.69) is 31.2 Å². The summed E-state index contributed by atoms with van der Waals surface area (Å²) in [4.78, 5) is 8.95. The fraction of sp³-hybridized carbons (Fsp3) is 0.286. The summed E-state index contributed by atoms with van der Waals surface area (Å²) in [6.07, 6.45) is 2.36. The van der Waals surface area contributed by atoms with E-state index in [4.69, 9.17) is 11.6 Å². The molecular formula is C14H13BrClN3. The number of rotatable bonds is 3. The standard InChI is InChI=1S/C14H13BrClN3/c1-8-2-5-11(10(16)6-8)17-13-7-12(15)18-14(19-13)9-3-4-9/h2,5-7,9H,3-4H2,1H3,(H,17,18,19). The maximum Gasteiger partial charge on any atom is 0.135 e. The second-order valence-electron chi connectivity index (χ2n) is 4.82. The highest BCUT2D eigenvalue weighted by molar-refractivity contribution is 9.10. The molecule has 1 fully saturated rings. The fourth-order valence-corrected chi connectivity index (χ4v) is 2.56. The molecule has 1 aliphatic carbocycles. The molecule has 0 aliphatic heterocycles. The van der Waals surface area contributed by atoms with Crippen LogP contribution in [-0.4, -0.2) is 9.97 Å². The molecule has 0 radical (unpaired) electrons. The van der Waals surface area contributed by atoms with Crippen LogP contribution in [0.25, 0.3) is 0 Å². The molecule has 1 aromatic heterocycles. The summed E-state index contributed by atoms with van der Waals surface area (Å²) < 4.78 is 0.801. The minimum atomic E-state index is 0.520. The van der Waals surface area contributed by atoms with E-state index in [1.807, 2.05) is 31.2 Å². The number of aromatic nitrogens is 2. The van der Waals surface area contributed by atoms with Gasteiger partial charge in [0, 0.05) is 12.0 Å². The molecule has 2 aromatic rings. The zero-order valence-corrected chi connectivity index (χ0v) is 12.8. The van der Waals surface area contributed by atoms with Gasteiger partial charge in [-0.1, -0.05) is 17.7 Å². The first kappa shape index (κ1) is 12.9. The fourth-order valence-electron chi connectivity index (χ4n) is 1.88. The number of hydrogen-bond acceptors (Lipinski definition) is 3. The molecule has 1 heterocycles. The van der Waals surface area contributed by atoms with Crippen LogP contribution in [0.3, 0.4) is 0 Å². The van der Waals surface area contributed by atoms with Gasteiger partial charge in [-0.25, -0.2) is 9.97 Å². The maximum absolute atomic E-state index is 6.22. The van der Waals surface area contributed by atoms with Crippen LogP contribution in [0.2, 0.25) is 5.02 Å². The van der Waals surface area contributed by atoms with E-state index in [0.717, 1.165) is 27.5 Å². The molecule has 1 saturated carbocycles. The molecule has 3 rings (SSSR count). The molecule has 3 nitrogen and oxygen atoms in total. The lowest BCUT2D eigenvalue weighted by Gasteiger charge is -2.09. The van der Waals surface area contributed by atoms with Crippen molar-refractivity contribution in [1.82, 2.24) is 9.97 Å². The predicted octanol–water partition coefficient (Wildman–Crippen LogP) is 4.82. The Labute approximate surface area is 125 Å². The van der Waals surface area contributed by atoms with E-state index >= 15 is 0 Å². The van der Waals surface area contributed by atoms with Crippen molar-refractivity contribution in [1.29, 1.82) is 0 Å². The van der Waals surface area contributed by atoms with E-state index in [-0.39, 0.29) is 0 Å². The lowest BCUT2D eigenvalue weighted by molar-refractivity contribution is 0.919. The van der Waals surface area contributed by atoms with Crippen LogP contribution in [0.15, 0.2) is 28.9 Å². The minimum absolute atomic E-state index is 0.520. The molecule has 1 aliphatic rings. The van der Waals surface area contributed by atoms with Gasteiger partial charge in [0.2, 0.25) is 0 Å². The zero-order chi connectivity index (χ0) is 13.4. The van der Waals surface area contributed by atoms with Crippen LogP contribution in [0.1, 0.15) is 30.1 Å². The monoisotopic (exact) mass is 337 g/mol. The van der Waals surface area contributed by atoms with Crippen LogP contribution in [-0.2, 0) is 0 Å². The second kappa shape index (κ2) is 5.10. The normalized spacial score (nSPS) is 14.5. The summed E-state index contributed by atoms with van der Waals surface area (Å²) >= 11 is 9.64. The Hall–Kier alpha value is -1.13. The van der Waals surface area contributed by atoms with Crippen molar-refractivity contribution in [2.24, 2.45) is 0 Å². The van der Waals surface area contributed by atoms with Crippen molar-refractivity contribution >= 4 is 39.0 Å². The molecule has 0 saturated heterocycles. The van der Waals surface area contributed by atoms with E-state index in [1.54, 1.807) is 0 Å². The summed E-state index contributed by atoms with van der Waals surface area (Å²) in [7, 11) is 0. The van der Waals surface area contributed by atoms with Crippen molar-refractivity contribution in [3.05, 3.63) is 45.3 Å². The van der Waals surface area contributed by atoms with Gasteiger partial charge in [-0.3, -0.25) is 0 Å². The van der Waals surface area contributed by atoms with Gasteiger partial charge < -0.3 is 5.32 Å². The summed E-state index contributed by atoms with van der Waals surface area (Å²) in [6.45, 7) is 2.02. The van der Waals surface area contributed by atoms with Crippen molar-refractivity contribution in [3.63, 3.8) is 0 Å². The van der Waals surface area contributed by atoms with E-state index in [9.17, 15) is 0 Å². The molecular weight excluding hydrogens is 326 g/mol. The van der Waals surface area contributed by atoms with Gasteiger partial charge in [0.05, 0.1) is 10.7 Å². The third kappa shape index (κ3) is 3.07. The van der Waals surface area contributed by atoms with Gasteiger partial charge in [-0.2, -0.15) is 0 Å². The van der Waals surface area contributed by atoms with Gasteiger partial charge >= 0.3 is 0 Å². The summed E-state index contributed by atoms with van der Waals surface area (Å²) in [6, 6.07) is 7.78. The third-order valence-electron chi connectivity index (χ3n) is 3.04. The van der Waals surface area contributed by atoms with Crippen LogP contribution < -0.4 is 5.32 Å². The Bertz CT molecular complexity index is 626. The SMILES string of the molecule is Cc1ccc(Nc2cc(Br)nc(C3CC3)n2)c(Cl)c1. The van der Waals surface area contributed by atoms with Gasteiger partial charge in [0.25, 0.3) is 0 Å². The van der Waals surface area contributed by atoms with Crippen molar-refractivity contribution in [2.45, 2.75) is 25.7 Å². The molecule has 1 aromatic carbocycles. The summed E-state index contributed by atoms with van der Waals surface area (Å²) in [5.41, 5.74) is 2.00. The van der Waals surface area contributed by atoms with Crippen LogP contribution in [0.5, 0.6) is 0 Å². The van der Waals surface area contributed by atoms with E-state index in [1.165, 1.54) is 12.8 Å². The second-order valence-corrected chi connectivity index (χ2v) is 6.04. The highest BCUT2D eigenvalue weighted by atomic mass is 79.9. The topological polar surface area (TPSA) is 37.8 Å². The molecule has 5 heteroatoms.